The SMILES string of the molecule is CCCCCNC(=O)c1ccc(C)cc1. The highest BCUT2D eigenvalue weighted by Gasteiger charge is 2.02. The van der Waals surface area contributed by atoms with E-state index in [1.165, 1.54) is 18.4 Å². The number of amides is 1. The van der Waals surface area contributed by atoms with Crippen LogP contribution in [-0.4, -0.2) is 12.5 Å². The summed E-state index contributed by atoms with van der Waals surface area (Å²) < 4.78 is 0. The first kappa shape index (κ1) is 11.8. The van der Waals surface area contributed by atoms with Gasteiger partial charge in [-0.2, -0.15) is 0 Å². The molecule has 1 aromatic carbocycles. The fourth-order valence-electron chi connectivity index (χ4n) is 1.38. The Morgan fingerprint density at radius 2 is 1.87 bits per heavy atom. The van der Waals surface area contributed by atoms with Gasteiger partial charge in [0.25, 0.3) is 5.91 Å². The van der Waals surface area contributed by atoms with Crippen LogP contribution in [-0.2, 0) is 0 Å². The molecule has 2 heteroatoms. The van der Waals surface area contributed by atoms with Crippen molar-refractivity contribution in [2.75, 3.05) is 6.54 Å². The van der Waals surface area contributed by atoms with E-state index >= 15 is 0 Å². The molecular weight excluding hydrogens is 186 g/mol. The number of hydrogen-bond donors (Lipinski definition) is 1. The number of hydrogen-bond acceptors (Lipinski definition) is 1. The lowest BCUT2D eigenvalue weighted by molar-refractivity contribution is 0.0953. The van der Waals surface area contributed by atoms with Gasteiger partial charge in [-0.05, 0) is 25.5 Å². The van der Waals surface area contributed by atoms with Crippen LogP contribution in [0.15, 0.2) is 24.3 Å². The Hall–Kier alpha value is -1.31. The predicted molar refractivity (Wildman–Crippen MR) is 63.0 cm³/mol. The van der Waals surface area contributed by atoms with Gasteiger partial charge in [0.15, 0.2) is 0 Å². The molecule has 0 aliphatic rings. The average Bonchev–Trinajstić information content (AvgIpc) is 2.25. The molecule has 0 unspecified atom stereocenters. The summed E-state index contributed by atoms with van der Waals surface area (Å²) in [6.07, 6.45) is 3.42. The summed E-state index contributed by atoms with van der Waals surface area (Å²) in [7, 11) is 0. The lowest BCUT2D eigenvalue weighted by Gasteiger charge is -2.04. The van der Waals surface area contributed by atoms with Crippen molar-refractivity contribution in [3.05, 3.63) is 35.4 Å². The zero-order valence-electron chi connectivity index (χ0n) is 9.55. The van der Waals surface area contributed by atoms with Crippen molar-refractivity contribution in [3.8, 4) is 0 Å². The molecule has 0 fully saturated rings. The van der Waals surface area contributed by atoms with Crippen LogP contribution >= 0.6 is 0 Å². The molecule has 0 aliphatic carbocycles. The van der Waals surface area contributed by atoms with E-state index in [1.807, 2.05) is 31.2 Å². The maximum Gasteiger partial charge on any atom is 0.251 e. The molecule has 0 saturated carbocycles. The fraction of sp³-hybridized carbons (Fsp3) is 0.462. The summed E-state index contributed by atoms with van der Waals surface area (Å²) in [6.45, 7) is 4.95. The van der Waals surface area contributed by atoms with E-state index in [9.17, 15) is 4.79 Å². The van der Waals surface area contributed by atoms with Crippen LogP contribution in [0.2, 0.25) is 0 Å². The quantitative estimate of drug-likeness (QED) is 0.736. The molecule has 1 amide bonds. The van der Waals surface area contributed by atoms with Crippen LogP contribution in [0.4, 0.5) is 0 Å². The Balaban J connectivity index is 2.37. The van der Waals surface area contributed by atoms with Gasteiger partial charge in [0.05, 0.1) is 0 Å². The highest BCUT2D eigenvalue weighted by molar-refractivity contribution is 5.94. The Bertz CT molecular complexity index is 303. The van der Waals surface area contributed by atoms with Crippen molar-refractivity contribution in [2.45, 2.75) is 33.1 Å². The first-order chi connectivity index (χ1) is 7.24. The van der Waals surface area contributed by atoms with Gasteiger partial charge in [-0.3, -0.25) is 4.79 Å². The first-order valence-electron chi connectivity index (χ1n) is 5.59. The molecule has 2 nitrogen and oxygen atoms in total. The third-order valence-corrected chi connectivity index (χ3v) is 2.38. The van der Waals surface area contributed by atoms with Gasteiger partial charge in [-0.1, -0.05) is 37.5 Å². The molecule has 0 aromatic heterocycles. The fourth-order valence-corrected chi connectivity index (χ4v) is 1.38. The third-order valence-electron chi connectivity index (χ3n) is 2.38. The second-order valence-corrected chi connectivity index (χ2v) is 3.83. The second-order valence-electron chi connectivity index (χ2n) is 3.83. The summed E-state index contributed by atoms with van der Waals surface area (Å²) >= 11 is 0. The molecule has 0 radical (unpaired) electrons. The summed E-state index contributed by atoms with van der Waals surface area (Å²) in [4.78, 5) is 11.6. The highest BCUT2D eigenvalue weighted by Crippen LogP contribution is 2.02. The number of rotatable bonds is 5. The van der Waals surface area contributed by atoms with Crippen molar-refractivity contribution in [2.24, 2.45) is 0 Å². The summed E-state index contributed by atoms with van der Waals surface area (Å²) in [5, 5.41) is 2.91. The van der Waals surface area contributed by atoms with E-state index in [0.717, 1.165) is 18.5 Å². The van der Waals surface area contributed by atoms with Crippen molar-refractivity contribution in [3.63, 3.8) is 0 Å². The Morgan fingerprint density at radius 1 is 1.20 bits per heavy atom. The van der Waals surface area contributed by atoms with Crippen molar-refractivity contribution in [1.29, 1.82) is 0 Å². The molecule has 0 aliphatic heterocycles. The standard InChI is InChI=1S/C13H19NO/c1-3-4-5-10-14-13(15)12-8-6-11(2)7-9-12/h6-9H,3-5,10H2,1-2H3,(H,14,15). The maximum atomic E-state index is 11.6. The van der Waals surface area contributed by atoms with E-state index in [-0.39, 0.29) is 5.91 Å². The third kappa shape index (κ3) is 4.15. The van der Waals surface area contributed by atoms with Crippen LogP contribution in [0, 0.1) is 6.92 Å². The monoisotopic (exact) mass is 205 g/mol. The Kier molecular flexibility index (Phi) is 4.88. The number of aryl methyl sites for hydroxylation is 1. The number of carbonyl (C=O) groups is 1. The second kappa shape index (κ2) is 6.23. The van der Waals surface area contributed by atoms with Crippen LogP contribution in [0.5, 0.6) is 0 Å². The maximum absolute atomic E-state index is 11.6. The van der Waals surface area contributed by atoms with Crippen molar-refractivity contribution < 1.29 is 4.79 Å². The number of nitrogens with one attached hydrogen (secondary N) is 1. The molecule has 0 heterocycles. The molecule has 0 atom stereocenters. The minimum Gasteiger partial charge on any atom is -0.352 e. The Morgan fingerprint density at radius 3 is 2.47 bits per heavy atom. The van der Waals surface area contributed by atoms with Crippen LogP contribution < -0.4 is 5.32 Å². The van der Waals surface area contributed by atoms with Crippen molar-refractivity contribution in [1.82, 2.24) is 5.32 Å². The van der Waals surface area contributed by atoms with Crippen LogP contribution in [0.3, 0.4) is 0 Å². The lowest BCUT2D eigenvalue weighted by Crippen LogP contribution is -2.24. The minimum absolute atomic E-state index is 0.0334. The molecule has 1 N–H and O–H groups in total. The average molecular weight is 205 g/mol. The first-order valence-corrected chi connectivity index (χ1v) is 5.59. The normalized spacial score (nSPS) is 10.0. The number of unbranched alkanes of at least 4 members (excludes halogenated alkanes) is 2. The Labute approximate surface area is 91.7 Å². The number of benzene rings is 1. The van der Waals surface area contributed by atoms with Gasteiger partial charge in [0.2, 0.25) is 0 Å². The topological polar surface area (TPSA) is 29.1 Å². The van der Waals surface area contributed by atoms with E-state index < -0.39 is 0 Å². The summed E-state index contributed by atoms with van der Waals surface area (Å²) in [5.41, 5.74) is 1.93. The van der Waals surface area contributed by atoms with E-state index in [0.29, 0.717) is 0 Å². The molecule has 0 bridgehead atoms. The predicted octanol–water partition coefficient (Wildman–Crippen LogP) is 2.92. The molecular formula is C13H19NO. The van der Waals surface area contributed by atoms with E-state index in [2.05, 4.69) is 12.2 Å². The molecule has 15 heavy (non-hydrogen) atoms. The van der Waals surface area contributed by atoms with Gasteiger partial charge in [0.1, 0.15) is 0 Å². The van der Waals surface area contributed by atoms with Gasteiger partial charge in [-0.25, -0.2) is 0 Å². The summed E-state index contributed by atoms with van der Waals surface area (Å²) in [5.74, 6) is 0.0334. The molecule has 1 rings (SSSR count). The lowest BCUT2D eigenvalue weighted by atomic mass is 10.1. The molecule has 82 valence electrons. The highest BCUT2D eigenvalue weighted by atomic mass is 16.1. The van der Waals surface area contributed by atoms with Gasteiger partial charge in [-0.15, -0.1) is 0 Å². The van der Waals surface area contributed by atoms with Crippen LogP contribution in [0.25, 0.3) is 0 Å². The van der Waals surface area contributed by atoms with Crippen LogP contribution in [0.1, 0.15) is 42.1 Å². The van der Waals surface area contributed by atoms with Gasteiger partial charge in [0, 0.05) is 12.1 Å². The van der Waals surface area contributed by atoms with Crippen molar-refractivity contribution >= 4 is 5.91 Å². The van der Waals surface area contributed by atoms with Gasteiger partial charge < -0.3 is 5.32 Å². The number of carbonyl (C=O) groups excluding carboxylic acids is 1. The minimum atomic E-state index is 0.0334. The molecule has 0 spiro atoms. The summed E-state index contributed by atoms with van der Waals surface area (Å²) in [6, 6.07) is 7.65. The van der Waals surface area contributed by atoms with E-state index in [4.69, 9.17) is 0 Å². The zero-order chi connectivity index (χ0) is 11.1. The smallest absolute Gasteiger partial charge is 0.251 e. The van der Waals surface area contributed by atoms with E-state index in [1.54, 1.807) is 0 Å². The molecule has 0 saturated heterocycles. The zero-order valence-corrected chi connectivity index (χ0v) is 9.55. The largest absolute Gasteiger partial charge is 0.352 e. The molecule has 1 aromatic rings. The van der Waals surface area contributed by atoms with Gasteiger partial charge >= 0.3 is 0 Å².